The Morgan fingerprint density at radius 2 is 1.71 bits per heavy atom. The van der Waals surface area contributed by atoms with Gasteiger partial charge in [0.15, 0.2) is 0 Å². The van der Waals surface area contributed by atoms with Crippen molar-refractivity contribution in [2.45, 2.75) is 53.5 Å². The van der Waals surface area contributed by atoms with E-state index >= 15 is 0 Å². The van der Waals surface area contributed by atoms with Gasteiger partial charge in [0.1, 0.15) is 0 Å². The molecule has 2 nitrogen and oxygen atoms in total. The molecule has 1 aliphatic heterocycles. The van der Waals surface area contributed by atoms with Gasteiger partial charge in [-0.05, 0) is 50.2 Å². The summed E-state index contributed by atoms with van der Waals surface area (Å²) < 4.78 is 0. The minimum Gasteiger partial charge on any atom is -0.315 e. The monoisotopic (exact) mass is 240 g/mol. The molecule has 1 aliphatic rings. The first-order valence-corrected chi connectivity index (χ1v) is 7.24. The van der Waals surface area contributed by atoms with Crippen LogP contribution in [0, 0.1) is 17.3 Å². The Hall–Kier alpha value is -0.0800. The molecule has 1 atom stereocenters. The Balaban J connectivity index is 2.37. The van der Waals surface area contributed by atoms with E-state index < -0.39 is 0 Å². The Morgan fingerprint density at radius 3 is 2.06 bits per heavy atom. The second-order valence-electron chi connectivity index (χ2n) is 7.08. The van der Waals surface area contributed by atoms with Crippen molar-refractivity contribution in [2.24, 2.45) is 17.3 Å². The van der Waals surface area contributed by atoms with Crippen molar-refractivity contribution in [2.75, 3.05) is 26.7 Å². The predicted molar refractivity (Wildman–Crippen MR) is 76.3 cm³/mol. The third kappa shape index (κ3) is 4.59. The van der Waals surface area contributed by atoms with Gasteiger partial charge >= 0.3 is 0 Å². The second-order valence-corrected chi connectivity index (χ2v) is 7.08. The largest absolute Gasteiger partial charge is 0.315 e. The van der Waals surface area contributed by atoms with Crippen LogP contribution in [-0.2, 0) is 0 Å². The average molecular weight is 240 g/mol. The van der Waals surface area contributed by atoms with E-state index in [4.69, 9.17) is 0 Å². The maximum atomic E-state index is 3.45. The molecule has 1 unspecified atom stereocenters. The van der Waals surface area contributed by atoms with Gasteiger partial charge in [-0.2, -0.15) is 0 Å². The van der Waals surface area contributed by atoms with E-state index in [0.717, 1.165) is 11.8 Å². The molecule has 17 heavy (non-hydrogen) atoms. The zero-order chi connectivity index (χ0) is 13.1. The predicted octanol–water partition coefficient (Wildman–Crippen LogP) is 2.99. The summed E-state index contributed by atoms with van der Waals surface area (Å²) in [6.07, 6.45) is 2.75. The number of likely N-dealkylation sites (N-methyl/N-ethyl adjacent to an activating group) is 1. The van der Waals surface area contributed by atoms with Gasteiger partial charge in [-0.1, -0.05) is 34.6 Å². The first kappa shape index (κ1) is 15.0. The lowest BCUT2D eigenvalue weighted by atomic mass is 9.75. The average Bonchev–Trinajstić information content (AvgIpc) is 2.25. The van der Waals surface area contributed by atoms with Crippen LogP contribution >= 0.6 is 0 Å². The molecular formula is C15H32N2. The standard InChI is InChI=1S/C15H32N2/c1-12(2)14(16-6)11-17-9-7-13(8-10-17)15(3,4)5/h12-14,16H,7-11H2,1-6H3. The fraction of sp³-hybridized carbons (Fsp3) is 1.00. The minimum absolute atomic E-state index is 0.493. The molecular weight excluding hydrogens is 208 g/mol. The van der Waals surface area contributed by atoms with E-state index in [1.165, 1.54) is 32.5 Å². The minimum atomic E-state index is 0.493. The molecule has 0 radical (unpaired) electrons. The summed E-state index contributed by atoms with van der Waals surface area (Å²) in [4.78, 5) is 2.64. The highest BCUT2D eigenvalue weighted by Gasteiger charge is 2.29. The molecule has 0 amide bonds. The molecule has 0 aliphatic carbocycles. The lowest BCUT2D eigenvalue weighted by Gasteiger charge is -2.40. The van der Waals surface area contributed by atoms with Crippen LogP contribution in [0.4, 0.5) is 0 Å². The zero-order valence-electron chi connectivity index (χ0n) is 12.7. The highest BCUT2D eigenvalue weighted by molar-refractivity contribution is 4.83. The van der Waals surface area contributed by atoms with Crippen molar-refractivity contribution in [3.05, 3.63) is 0 Å². The summed E-state index contributed by atoms with van der Waals surface area (Å²) in [5.41, 5.74) is 0.493. The van der Waals surface area contributed by atoms with E-state index in [9.17, 15) is 0 Å². The second kappa shape index (κ2) is 6.19. The molecule has 102 valence electrons. The quantitative estimate of drug-likeness (QED) is 0.812. The van der Waals surface area contributed by atoms with Crippen LogP contribution in [0.2, 0.25) is 0 Å². The van der Waals surface area contributed by atoms with Crippen LogP contribution in [0.3, 0.4) is 0 Å². The summed E-state index contributed by atoms with van der Waals surface area (Å²) in [7, 11) is 2.09. The topological polar surface area (TPSA) is 15.3 Å². The number of hydrogen-bond donors (Lipinski definition) is 1. The Bertz CT molecular complexity index is 209. The molecule has 1 rings (SSSR count). The summed E-state index contributed by atoms with van der Waals surface area (Å²) in [6.45, 7) is 15.6. The molecule has 0 bridgehead atoms. The maximum absolute atomic E-state index is 3.45. The summed E-state index contributed by atoms with van der Waals surface area (Å²) in [5, 5.41) is 3.45. The third-order valence-electron chi connectivity index (χ3n) is 4.44. The molecule has 2 heteroatoms. The van der Waals surface area contributed by atoms with Gasteiger partial charge in [-0.3, -0.25) is 0 Å². The lowest BCUT2D eigenvalue weighted by Crippen LogP contribution is -2.46. The molecule has 1 saturated heterocycles. The summed E-state index contributed by atoms with van der Waals surface area (Å²) in [6, 6.07) is 0.640. The Morgan fingerprint density at radius 1 is 1.18 bits per heavy atom. The van der Waals surface area contributed by atoms with Crippen molar-refractivity contribution in [1.29, 1.82) is 0 Å². The van der Waals surface area contributed by atoms with Crippen LogP contribution in [0.15, 0.2) is 0 Å². The van der Waals surface area contributed by atoms with Crippen molar-refractivity contribution in [3.63, 3.8) is 0 Å². The normalized spacial score (nSPS) is 22.1. The number of nitrogens with zero attached hydrogens (tertiary/aromatic N) is 1. The van der Waals surface area contributed by atoms with Crippen molar-refractivity contribution in [3.8, 4) is 0 Å². The van der Waals surface area contributed by atoms with E-state index in [0.29, 0.717) is 11.5 Å². The van der Waals surface area contributed by atoms with Gasteiger partial charge < -0.3 is 10.2 Å². The van der Waals surface area contributed by atoms with Crippen molar-refractivity contribution in [1.82, 2.24) is 10.2 Å². The van der Waals surface area contributed by atoms with E-state index in [1.54, 1.807) is 0 Å². The molecule has 0 spiro atoms. The fourth-order valence-electron chi connectivity index (χ4n) is 2.90. The van der Waals surface area contributed by atoms with E-state index in [1.807, 2.05) is 0 Å². The molecule has 0 aromatic carbocycles. The fourth-order valence-corrected chi connectivity index (χ4v) is 2.90. The number of piperidine rings is 1. The highest BCUT2D eigenvalue weighted by Crippen LogP contribution is 2.34. The van der Waals surface area contributed by atoms with Crippen molar-refractivity contribution >= 4 is 0 Å². The zero-order valence-corrected chi connectivity index (χ0v) is 12.7. The highest BCUT2D eigenvalue weighted by atomic mass is 15.2. The SMILES string of the molecule is CNC(CN1CCC(C(C)(C)C)CC1)C(C)C. The number of rotatable bonds is 4. The van der Waals surface area contributed by atoms with Crippen LogP contribution < -0.4 is 5.32 Å². The molecule has 1 heterocycles. The first-order valence-electron chi connectivity index (χ1n) is 7.24. The van der Waals surface area contributed by atoms with Gasteiger partial charge in [0.05, 0.1) is 0 Å². The molecule has 0 aromatic rings. The Labute approximate surface area is 108 Å². The van der Waals surface area contributed by atoms with Crippen LogP contribution in [-0.4, -0.2) is 37.6 Å². The van der Waals surface area contributed by atoms with Gasteiger partial charge in [-0.15, -0.1) is 0 Å². The van der Waals surface area contributed by atoms with Crippen LogP contribution in [0.25, 0.3) is 0 Å². The van der Waals surface area contributed by atoms with Gasteiger partial charge in [0, 0.05) is 12.6 Å². The van der Waals surface area contributed by atoms with Gasteiger partial charge in [-0.25, -0.2) is 0 Å². The summed E-state index contributed by atoms with van der Waals surface area (Å²) in [5.74, 6) is 1.63. The first-order chi connectivity index (χ1) is 7.84. The summed E-state index contributed by atoms with van der Waals surface area (Å²) >= 11 is 0. The number of nitrogens with one attached hydrogen (secondary N) is 1. The number of hydrogen-bond acceptors (Lipinski definition) is 2. The molecule has 1 fully saturated rings. The smallest absolute Gasteiger partial charge is 0.0214 e. The third-order valence-corrected chi connectivity index (χ3v) is 4.44. The maximum Gasteiger partial charge on any atom is 0.0214 e. The molecule has 0 aromatic heterocycles. The lowest BCUT2D eigenvalue weighted by molar-refractivity contribution is 0.101. The molecule has 0 saturated carbocycles. The number of likely N-dealkylation sites (tertiary alicyclic amines) is 1. The van der Waals surface area contributed by atoms with E-state index in [2.05, 4.69) is 51.9 Å². The van der Waals surface area contributed by atoms with Gasteiger partial charge in [0.2, 0.25) is 0 Å². The van der Waals surface area contributed by atoms with Crippen LogP contribution in [0.1, 0.15) is 47.5 Å². The van der Waals surface area contributed by atoms with Crippen molar-refractivity contribution < 1.29 is 0 Å². The van der Waals surface area contributed by atoms with E-state index in [-0.39, 0.29) is 0 Å². The van der Waals surface area contributed by atoms with Crippen LogP contribution in [0.5, 0.6) is 0 Å². The van der Waals surface area contributed by atoms with Gasteiger partial charge in [0.25, 0.3) is 0 Å². The molecule has 1 N–H and O–H groups in total. The Kier molecular flexibility index (Phi) is 5.46.